The Labute approximate surface area is 111 Å². The molecule has 0 aromatic heterocycles. The van der Waals surface area contributed by atoms with Gasteiger partial charge in [-0.05, 0) is 48.9 Å². The average molecular weight is 256 g/mol. The molecular weight excluding hydrogens is 243 g/mol. The van der Waals surface area contributed by atoms with Gasteiger partial charge in [0.05, 0.1) is 5.56 Å². The van der Waals surface area contributed by atoms with Crippen LogP contribution in [0.4, 0.5) is 4.39 Å². The van der Waals surface area contributed by atoms with Crippen LogP contribution in [0.3, 0.4) is 0 Å². The number of hydrogen-bond acceptors (Lipinski definition) is 3. The van der Waals surface area contributed by atoms with E-state index in [1.165, 1.54) is 12.1 Å². The minimum Gasteiger partial charge on any atom is -0.456 e. The molecule has 0 heterocycles. The summed E-state index contributed by atoms with van der Waals surface area (Å²) in [7, 11) is 0. The Morgan fingerprint density at radius 1 is 1.16 bits per heavy atom. The third kappa shape index (κ3) is 3.30. The Hall–Kier alpha value is -2.38. The second-order valence-corrected chi connectivity index (χ2v) is 4.04. The van der Waals surface area contributed by atoms with Crippen molar-refractivity contribution in [1.82, 2.24) is 0 Å². The van der Waals surface area contributed by atoms with Gasteiger partial charge < -0.3 is 10.5 Å². The van der Waals surface area contributed by atoms with E-state index in [0.29, 0.717) is 18.0 Å². The van der Waals surface area contributed by atoms with E-state index in [4.69, 9.17) is 15.7 Å². The van der Waals surface area contributed by atoms with Crippen LogP contribution in [0.15, 0.2) is 42.5 Å². The van der Waals surface area contributed by atoms with Gasteiger partial charge in [0.1, 0.15) is 23.4 Å². The summed E-state index contributed by atoms with van der Waals surface area (Å²) >= 11 is 0. The molecule has 4 heteroatoms. The topological polar surface area (TPSA) is 59.0 Å². The summed E-state index contributed by atoms with van der Waals surface area (Å²) in [5, 5.41) is 8.92. The lowest BCUT2D eigenvalue weighted by molar-refractivity contribution is 0.478. The highest BCUT2D eigenvalue weighted by Crippen LogP contribution is 2.25. The summed E-state index contributed by atoms with van der Waals surface area (Å²) in [6.07, 6.45) is 0.806. The van der Waals surface area contributed by atoms with E-state index in [9.17, 15) is 4.39 Å². The van der Waals surface area contributed by atoms with Gasteiger partial charge in [-0.1, -0.05) is 12.1 Å². The van der Waals surface area contributed by atoms with Gasteiger partial charge in [0, 0.05) is 0 Å². The Morgan fingerprint density at radius 3 is 2.53 bits per heavy atom. The second-order valence-electron chi connectivity index (χ2n) is 4.04. The molecule has 0 saturated carbocycles. The molecule has 0 amide bonds. The summed E-state index contributed by atoms with van der Waals surface area (Å²) in [5.74, 6) is 0.488. The van der Waals surface area contributed by atoms with Crippen molar-refractivity contribution in [3.05, 3.63) is 59.4 Å². The number of nitrogens with zero attached hydrogens (tertiary/aromatic N) is 1. The fraction of sp³-hybridized carbons (Fsp3) is 0.133. The lowest BCUT2D eigenvalue weighted by Crippen LogP contribution is -2.02. The molecule has 0 atom stereocenters. The third-order valence-electron chi connectivity index (χ3n) is 2.65. The zero-order valence-corrected chi connectivity index (χ0v) is 10.3. The van der Waals surface area contributed by atoms with Crippen molar-refractivity contribution in [3.63, 3.8) is 0 Å². The summed E-state index contributed by atoms with van der Waals surface area (Å²) in [5.41, 5.74) is 6.76. The van der Waals surface area contributed by atoms with Crippen molar-refractivity contribution >= 4 is 0 Å². The van der Waals surface area contributed by atoms with Crippen LogP contribution >= 0.6 is 0 Å². The number of halogens is 1. The number of nitrogens with two attached hydrogens (primary N) is 1. The van der Waals surface area contributed by atoms with E-state index in [-0.39, 0.29) is 5.56 Å². The lowest BCUT2D eigenvalue weighted by Gasteiger charge is -2.08. The molecule has 96 valence electrons. The number of nitriles is 1. The van der Waals surface area contributed by atoms with Crippen LogP contribution in [0, 0.1) is 17.1 Å². The molecule has 19 heavy (non-hydrogen) atoms. The first-order valence-electron chi connectivity index (χ1n) is 5.89. The van der Waals surface area contributed by atoms with E-state index < -0.39 is 5.82 Å². The fourth-order valence-corrected chi connectivity index (χ4v) is 1.70. The van der Waals surface area contributed by atoms with Crippen LogP contribution < -0.4 is 10.5 Å². The molecule has 0 fully saturated rings. The van der Waals surface area contributed by atoms with Crippen molar-refractivity contribution in [2.45, 2.75) is 6.42 Å². The molecule has 2 aromatic rings. The first kappa shape index (κ1) is 13.1. The number of hydrogen-bond donors (Lipinski definition) is 1. The quantitative estimate of drug-likeness (QED) is 0.914. The minimum atomic E-state index is -0.456. The predicted octanol–water partition coefficient (Wildman–Crippen LogP) is 2.99. The molecule has 0 spiro atoms. The Bertz CT molecular complexity index is 603. The fourth-order valence-electron chi connectivity index (χ4n) is 1.70. The van der Waals surface area contributed by atoms with Crippen molar-refractivity contribution in [3.8, 4) is 17.6 Å². The van der Waals surface area contributed by atoms with E-state index in [0.717, 1.165) is 18.1 Å². The Balaban J connectivity index is 2.19. The lowest BCUT2D eigenvalue weighted by atomic mass is 10.1. The maximum absolute atomic E-state index is 13.0. The maximum atomic E-state index is 13.0. The SMILES string of the molecule is N#Cc1cc(F)ccc1Oc1ccc(CCN)cc1. The number of benzene rings is 2. The van der Waals surface area contributed by atoms with Gasteiger partial charge in [-0.2, -0.15) is 5.26 Å². The van der Waals surface area contributed by atoms with Crippen LogP contribution in [0.5, 0.6) is 11.5 Å². The molecular formula is C15H13FN2O. The molecule has 0 saturated heterocycles. The summed E-state index contributed by atoms with van der Waals surface area (Å²) in [4.78, 5) is 0. The molecule has 0 aliphatic carbocycles. The van der Waals surface area contributed by atoms with Gasteiger partial charge >= 0.3 is 0 Å². The standard InChI is InChI=1S/C15H13FN2O/c16-13-3-6-15(12(9-13)10-18)19-14-4-1-11(2-5-14)7-8-17/h1-6,9H,7-8,17H2. The van der Waals surface area contributed by atoms with Crippen LogP contribution in [-0.4, -0.2) is 6.54 Å². The highest BCUT2D eigenvalue weighted by Gasteiger charge is 2.06. The summed E-state index contributed by atoms with van der Waals surface area (Å²) < 4.78 is 18.6. The zero-order valence-electron chi connectivity index (χ0n) is 10.3. The van der Waals surface area contributed by atoms with E-state index in [1.807, 2.05) is 18.2 Å². The molecule has 2 rings (SSSR count). The molecule has 0 unspecified atom stereocenters. The monoisotopic (exact) mass is 256 g/mol. The average Bonchev–Trinajstić information content (AvgIpc) is 2.43. The molecule has 0 aliphatic heterocycles. The van der Waals surface area contributed by atoms with E-state index >= 15 is 0 Å². The van der Waals surface area contributed by atoms with Gasteiger partial charge in [0.25, 0.3) is 0 Å². The molecule has 3 nitrogen and oxygen atoms in total. The summed E-state index contributed by atoms with van der Waals surface area (Å²) in [6.45, 7) is 0.594. The molecule has 2 aromatic carbocycles. The molecule has 2 N–H and O–H groups in total. The van der Waals surface area contributed by atoms with E-state index in [1.54, 1.807) is 12.1 Å². The van der Waals surface area contributed by atoms with Crippen molar-refractivity contribution < 1.29 is 9.13 Å². The Kier molecular flexibility index (Phi) is 4.11. The molecule has 0 radical (unpaired) electrons. The minimum absolute atomic E-state index is 0.172. The largest absolute Gasteiger partial charge is 0.456 e. The van der Waals surface area contributed by atoms with Crippen LogP contribution in [-0.2, 0) is 6.42 Å². The van der Waals surface area contributed by atoms with Gasteiger partial charge in [0.2, 0.25) is 0 Å². The van der Waals surface area contributed by atoms with Gasteiger partial charge in [-0.3, -0.25) is 0 Å². The zero-order chi connectivity index (χ0) is 13.7. The van der Waals surface area contributed by atoms with E-state index in [2.05, 4.69) is 0 Å². The smallest absolute Gasteiger partial charge is 0.145 e. The van der Waals surface area contributed by atoms with Gasteiger partial charge in [-0.25, -0.2) is 4.39 Å². The molecule has 0 bridgehead atoms. The summed E-state index contributed by atoms with van der Waals surface area (Å²) in [6, 6.07) is 13.2. The maximum Gasteiger partial charge on any atom is 0.145 e. The number of ether oxygens (including phenoxy) is 1. The van der Waals surface area contributed by atoms with Crippen molar-refractivity contribution in [2.24, 2.45) is 5.73 Å². The van der Waals surface area contributed by atoms with Crippen LogP contribution in [0.1, 0.15) is 11.1 Å². The van der Waals surface area contributed by atoms with Crippen LogP contribution in [0.25, 0.3) is 0 Å². The third-order valence-corrected chi connectivity index (χ3v) is 2.65. The van der Waals surface area contributed by atoms with Gasteiger partial charge in [-0.15, -0.1) is 0 Å². The highest BCUT2D eigenvalue weighted by atomic mass is 19.1. The first-order chi connectivity index (χ1) is 9.22. The van der Waals surface area contributed by atoms with Crippen molar-refractivity contribution in [1.29, 1.82) is 5.26 Å². The predicted molar refractivity (Wildman–Crippen MR) is 70.4 cm³/mol. The van der Waals surface area contributed by atoms with Crippen LogP contribution in [0.2, 0.25) is 0 Å². The normalized spacial score (nSPS) is 9.95. The second kappa shape index (κ2) is 5.98. The molecule has 0 aliphatic rings. The first-order valence-corrected chi connectivity index (χ1v) is 5.89. The number of rotatable bonds is 4. The van der Waals surface area contributed by atoms with Crippen molar-refractivity contribution in [2.75, 3.05) is 6.54 Å². The van der Waals surface area contributed by atoms with Gasteiger partial charge in [0.15, 0.2) is 0 Å². The Morgan fingerprint density at radius 2 is 1.89 bits per heavy atom. The highest BCUT2D eigenvalue weighted by molar-refractivity contribution is 5.45.